The lowest BCUT2D eigenvalue weighted by Crippen LogP contribution is -2.04. The normalized spacial score (nSPS) is 11.5. The van der Waals surface area contributed by atoms with Crippen LogP contribution in [0.5, 0.6) is 0 Å². The van der Waals surface area contributed by atoms with Crippen LogP contribution in [-0.2, 0) is 0 Å². The first-order valence-electron chi connectivity index (χ1n) is 4.29. The molecule has 0 atom stereocenters. The van der Waals surface area contributed by atoms with Crippen LogP contribution in [0.15, 0.2) is 12.1 Å². The van der Waals surface area contributed by atoms with E-state index in [9.17, 15) is 8.78 Å². The predicted molar refractivity (Wildman–Crippen MR) is 47.8 cm³/mol. The third-order valence-corrected chi connectivity index (χ3v) is 1.90. The molecule has 0 N–H and O–H groups in total. The molecule has 0 radical (unpaired) electrons. The Hall–Kier alpha value is -1.52. The van der Waals surface area contributed by atoms with Crippen molar-refractivity contribution in [3.8, 4) is 0 Å². The summed E-state index contributed by atoms with van der Waals surface area (Å²) in [4.78, 5) is 1.43. The largest absolute Gasteiger partial charge is 0.204 e. The molecule has 0 saturated heterocycles. The summed E-state index contributed by atoms with van der Waals surface area (Å²) in [6.07, 6.45) is 0. The van der Waals surface area contributed by atoms with E-state index < -0.39 is 11.6 Å². The monoisotopic (exact) mass is 197 g/mol. The third-order valence-electron chi connectivity index (χ3n) is 1.90. The van der Waals surface area contributed by atoms with Gasteiger partial charge in [0.2, 0.25) is 0 Å². The van der Waals surface area contributed by atoms with Crippen molar-refractivity contribution in [3.05, 3.63) is 23.8 Å². The lowest BCUT2D eigenvalue weighted by atomic mass is 10.3. The van der Waals surface area contributed by atoms with Crippen molar-refractivity contribution in [2.45, 2.75) is 19.9 Å². The maximum absolute atomic E-state index is 12.8. The first-order valence-corrected chi connectivity index (χ1v) is 4.29. The number of aromatic nitrogens is 3. The Morgan fingerprint density at radius 3 is 1.86 bits per heavy atom. The summed E-state index contributed by atoms with van der Waals surface area (Å²) in [5.41, 5.74) is 0.746. The summed E-state index contributed by atoms with van der Waals surface area (Å²) in [7, 11) is 0. The van der Waals surface area contributed by atoms with Gasteiger partial charge in [-0.25, -0.2) is 8.78 Å². The molecule has 0 fully saturated rings. The van der Waals surface area contributed by atoms with Crippen molar-refractivity contribution in [2.24, 2.45) is 0 Å². The fraction of sp³-hybridized carbons (Fsp3) is 0.333. The summed E-state index contributed by atoms with van der Waals surface area (Å²) >= 11 is 0. The Kier molecular flexibility index (Phi) is 1.94. The number of nitrogens with zero attached hydrogens (tertiary/aromatic N) is 3. The van der Waals surface area contributed by atoms with Crippen molar-refractivity contribution >= 4 is 11.0 Å². The zero-order valence-corrected chi connectivity index (χ0v) is 7.83. The Labute approximate surface area is 79.3 Å². The van der Waals surface area contributed by atoms with Gasteiger partial charge in [-0.2, -0.15) is 15.0 Å². The molecule has 0 bridgehead atoms. The minimum absolute atomic E-state index is 0.0773. The third kappa shape index (κ3) is 1.34. The molecule has 2 aromatic rings. The standard InChI is InChI=1S/C9H9F2N3/c1-5(2)14-12-8-3-6(10)7(11)4-9(8)13-14/h3-5H,1-2H3. The van der Waals surface area contributed by atoms with Crippen molar-refractivity contribution < 1.29 is 8.78 Å². The van der Waals surface area contributed by atoms with Crippen molar-refractivity contribution in [1.29, 1.82) is 0 Å². The van der Waals surface area contributed by atoms with Gasteiger partial charge >= 0.3 is 0 Å². The molecule has 1 aromatic heterocycles. The fourth-order valence-corrected chi connectivity index (χ4v) is 1.16. The smallest absolute Gasteiger partial charge is 0.161 e. The van der Waals surface area contributed by atoms with Crippen molar-refractivity contribution in [1.82, 2.24) is 15.0 Å². The van der Waals surface area contributed by atoms with Gasteiger partial charge in [-0.05, 0) is 13.8 Å². The summed E-state index contributed by atoms with van der Waals surface area (Å²) in [5.74, 6) is -1.79. The molecule has 0 aliphatic rings. The first-order chi connectivity index (χ1) is 6.58. The average Bonchev–Trinajstić information content (AvgIpc) is 2.48. The molecule has 5 heteroatoms. The fourth-order valence-electron chi connectivity index (χ4n) is 1.16. The van der Waals surface area contributed by atoms with E-state index in [0.717, 1.165) is 12.1 Å². The molecule has 0 saturated carbocycles. The van der Waals surface area contributed by atoms with E-state index in [4.69, 9.17) is 0 Å². The van der Waals surface area contributed by atoms with E-state index in [1.165, 1.54) is 4.80 Å². The van der Waals surface area contributed by atoms with Crippen LogP contribution < -0.4 is 0 Å². The lowest BCUT2D eigenvalue weighted by Gasteiger charge is -1.99. The molecule has 74 valence electrons. The van der Waals surface area contributed by atoms with Gasteiger partial charge < -0.3 is 0 Å². The Balaban J connectivity index is 2.66. The zero-order valence-electron chi connectivity index (χ0n) is 7.83. The van der Waals surface area contributed by atoms with E-state index in [0.29, 0.717) is 11.0 Å². The van der Waals surface area contributed by atoms with E-state index in [2.05, 4.69) is 10.2 Å². The highest BCUT2D eigenvalue weighted by Gasteiger charge is 2.09. The van der Waals surface area contributed by atoms with Gasteiger partial charge in [-0.15, -0.1) is 0 Å². The molecule has 0 aliphatic heterocycles. The van der Waals surface area contributed by atoms with Gasteiger partial charge in [-0.1, -0.05) is 0 Å². The summed E-state index contributed by atoms with van der Waals surface area (Å²) in [6.45, 7) is 3.79. The Morgan fingerprint density at radius 2 is 1.50 bits per heavy atom. The molecule has 1 aromatic carbocycles. The summed E-state index contributed by atoms with van der Waals surface area (Å²) < 4.78 is 25.6. The van der Waals surface area contributed by atoms with Gasteiger partial charge in [0.05, 0.1) is 6.04 Å². The van der Waals surface area contributed by atoms with Crippen LogP contribution in [0.1, 0.15) is 19.9 Å². The van der Waals surface area contributed by atoms with Gasteiger partial charge in [-0.3, -0.25) is 0 Å². The van der Waals surface area contributed by atoms with Crippen LogP contribution in [0, 0.1) is 11.6 Å². The van der Waals surface area contributed by atoms with Crippen LogP contribution in [0.25, 0.3) is 11.0 Å². The van der Waals surface area contributed by atoms with Gasteiger partial charge in [0, 0.05) is 12.1 Å². The van der Waals surface area contributed by atoms with Crippen molar-refractivity contribution in [2.75, 3.05) is 0 Å². The number of benzene rings is 1. The summed E-state index contributed by atoms with van der Waals surface area (Å²) in [5, 5.41) is 8.03. The van der Waals surface area contributed by atoms with Crippen LogP contribution in [0.4, 0.5) is 8.78 Å². The molecule has 2 rings (SSSR count). The predicted octanol–water partition coefficient (Wildman–Crippen LogP) is 2.29. The number of hydrogen-bond acceptors (Lipinski definition) is 2. The number of hydrogen-bond donors (Lipinski definition) is 0. The second-order valence-corrected chi connectivity index (χ2v) is 3.37. The number of fused-ring (bicyclic) bond motifs is 1. The number of rotatable bonds is 1. The molecule has 14 heavy (non-hydrogen) atoms. The molecular weight excluding hydrogens is 188 g/mol. The maximum Gasteiger partial charge on any atom is 0.161 e. The van der Waals surface area contributed by atoms with E-state index in [-0.39, 0.29) is 6.04 Å². The van der Waals surface area contributed by atoms with Crippen molar-refractivity contribution in [3.63, 3.8) is 0 Å². The molecule has 1 heterocycles. The highest BCUT2D eigenvalue weighted by atomic mass is 19.2. The Morgan fingerprint density at radius 1 is 1.07 bits per heavy atom. The minimum Gasteiger partial charge on any atom is -0.204 e. The van der Waals surface area contributed by atoms with Crippen LogP contribution in [0.2, 0.25) is 0 Å². The number of halogens is 2. The minimum atomic E-state index is -0.895. The highest BCUT2D eigenvalue weighted by molar-refractivity contribution is 5.73. The molecular formula is C9H9F2N3. The van der Waals surface area contributed by atoms with Crippen LogP contribution in [-0.4, -0.2) is 15.0 Å². The highest BCUT2D eigenvalue weighted by Crippen LogP contribution is 2.15. The maximum atomic E-state index is 12.8. The average molecular weight is 197 g/mol. The topological polar surface area (TPSA) is 30.7 Å². The molecule has 0 aliphatic carbocycles. The first kappa shape index (κ1) is 9.05. The van der Waals surface area contributed by atoms with E-state index in [1.807, 2.05) is 13.8 Å². The van der Waals surface area contributed by atoms with E-state index in [1.54, 1.807) is 0 Å². The molecule has 3 nitrogen and oxygen atoms in total. The summed E-state index contributed by atoms with van der Waals surface area (Å²) in [6, 6.07) is 2.18. The molecule has 0 unspecified atom stereocenters. The van der Waals surface area contributed by atoms with Crippen LogP contribution >= 0.6 is 0 Å². The quantitative estimate of drug-likeness (QED) is 0.702. The SMILES string of the molecule is CC(C)n1nc2cc(F)c(F)cc2n1. The van der Waals surface area contributed by atoms with Gasteiger partial charge in [0.15, 0.2) is 11.6 Å². The zero-order chi connectivity index (χ0) is 10.3. The van der Waals surface area contributed by atoms with E-state index >= 15 is 0 Å². The van der Waals surface area contributed by atoms with Gasteiger partial charge in [0.25, 0.3) is 0 Å². The molecule has 0 amide bonds. The molecule has 0 spiro atoms. The second-order valence-electron chi connectivity index (χ2n) is 3.37. The Bertz CT molecular complexity index is 437. The second kappa shape index (κ2) is 3.01. The van der Waals surface area contributed by atoms with Gasteiger partial charge in [0.1, 0.15) is 11.0 Å². The lowest BCUT2D eigenvalue weighted by molar-refractivity contribution is 0.472. The van der Waals surface area contributed by atoms with Crippen LogP contribution in [0.3, 0.4) is 0 Å².